The number of hydrogen-bond donors (Lipinski definition) is 1. The first-order valence-corrected chi connectivity index (χ1v) is 2.20. The van der Waals surface area contributed by atoms with Gasteiger partial charge in [-0.2, -0.15) is 0 Å². The van der Waals surface area contributed by atoms with Crippen molar-refractivity contribution in [1.29, 1.82) is 0 Å². The Kier molecular flexibility index (Phi) is 3.02. The lowest BCUT2D eigenvalue weighted by Crippen LogP contribution is -1.93. The van der Waals surface area contributed by atoms with Crippen molar-refractivity contribution in [1.82, 2.24) is 0 Å². The van der Waals surface area contributed by atoms with Gasteiger partial charge < -0.3 is 0 Å². The fourth-order valence-corrected chi connectivity index (χ4v) is 0.239. The molecule has 0 aromatic rings. The van der Waals surface area contributed by atoms with Crippen LogP contribution in [0.2, 0.25) is 0 Å². The van der Waals surface area contributed by atoms with Crippen LogP contribution in [-0.2, 0) is 0 Å². The van der Waals surface area contributed by atoms with E-state index >= 15 is 0 Å². The Morgan fingerprint density at radius 1 is 1.43 bits per heavy atom. The van der Waals surface area contributed by atoms with Crippen LogP contribution < -0.4 is 0 Å². The number of rotatable bonds is 1. The van der Waals surface area contributed by atoms with Crippen LogP contribution in [0.4, 0.5) is 0 Å². The predicted molar refractivity (Wildman–Crippen MR) is 28.6 cm³/mol. The molecule has 0 rings (SSSR count). The second kappa shape index (κ2) is 3.40. The lowest BCUT2D eigenvalue weighted by Gasteiger charge is -1.73. The highest BCUT2D eigenvalue weighted by Gasteiger charge is 1.80. The standard InChI is InChI=1S/C5H10NO/c1-3-5-6(7)4-2/h3-5,7H,1-2H3/q+1/b5-3-,6-4+. The van der Waals surface area contributed by atoms with E-state index in [1.54, 1.807) is 25.4 Å². The Morgan fingerprint density at radius 3 is 2.14 bits per heavy atom. The van der Waals surface area contributed by atoms with Gasteiger partial charge in [0.1, 0.15) is 0 Å². The van der Waals surface area contributed by atoms with E-state index in [0.29, 0.717) is 0 Å². The third-order valence-electron chi connectivity index (χ3n) is 0.566. The number of hydroxylamine groups is 1. The second-order valence-electron chi connectivity index (χ2n) is 1.12. The van der Waals surface area contributed by atoms with Gasteiger partial charge >= 0.3 is 0 Å². The minimum atomic E-state index is 1.00. The largest absolute Gasteiger partial charge is 0.286 e. The van der Waals surface area contributed by atoms with Crippen LogP contribution in [0.25, 0.3) is 0 Å². The summed E-state index contributed by atoms with van der Waals surface area (Å²) in [7, 11) is 0. The topological polar surface area (TPSA) is 23.2 Å². The highest BCUT2D eigenvalue weighted by Crippen LogP contribution is 1.66. The average Bonchev–Trinajstić information content (AvgIpc) is 1.68. The Labute approximate surface area is 43.4 Å². The van der Waals surface area contributed by atoms with Crippen molar-refractivity contribution in [2.24, 2.45) is 0 Å². The van der Waals surface area contributed by atoms with Gasteiger partial charge in [0.25, 0.3) is 0 Å². The quantitative estimate of drug-likeness (QED) is 0.226. The van der Waals surface area contributed by atoms with Crippen molar-refractivity contribution in [3.8, 4) is 0 Å². The Morgan fingerprint density at radius 2 is 2.00 bits per heavy atom. The molecule has 0 unspecified atom stereocenters. The summed E-state index contributed by atoms with van der Waals surface area (Å²) in [5.74, 6) is 0. The van der Waals surface area contributed by atoms with E-state index < -0.39 is 0 Å². The van der Waals surface area contributed by atoms with Crippen molar-refractivity contribution in [3.63, 3.8) is 0 Å². The summed E-state index contributed by atoms with van der Waals surface area (Å²) in [6.07, 6.45) is 4.86. The molecule has 0 heterocycles. The van der Waals surface area contributed by atoms with Crippen LogP contribution in [-0.4, -0.2) is 16.2 Å². The van der Waals surface area contributed by atoms with Crippen LogP contribution in [0.5, 0.6) is 0 Å². The molecular weight excluding hydrogens is 90.1 g/mol. The molecule has 0 atom stereocenters. The minimum absolute atomic E-state index is 1.00. The molecule has 2 heteroatoms. The van der Waals surface area contributed by atoms with Crippen LogP contribution in [0.15, 0.2) is 12.3 Å². The number of allylic oxidation sites excluding steroid dienone is 1. The zero-order chi connectivity index (χ0) is 5.70. The molecule has 0 bridgehead atoms. The summed E-state index contributed by atoms with van der Waals surface area (Å²) in [6.45, 7) is 3.59. The van der Waals surface area contributed by atoms with Gasteiger partial charge in [0.15, 0.2) is 6.21 Å². The van der Waals surface area contributed by atoms with E-state index in [0.717, 1.165) is 4.74 Å². The second-order valence-corrected chi connectivity index (χ2v) is 1.12. The number of nitrogens with zero attached hydrogens (tertiary/aromatic N) is 1. The zero-order valence-corrected chi connectivity index (χ0v) is 4.63. The van der Waals surface area contributed by atoms with E-state index in [-0.39, 0.29) is 0 Å². The van der Waals surface area contributed by atoms with Gasteiger partial charge in [-0.05, 0) is 17.7 Å². The monoisotopic (exact) mass is 100 g/mol. The van der Waals surface area contributed by atoms with Gasteiger partial charge in [0.2, 0.25) is 6.20 Å². The van der Waals surface area contributed by atoms with E-state index in [4.69, 9.17) is 5.21 Å². The molecule has 0 aliphatic heterocycles. The highest BCUT2D eigenvalue weighted by molar-refractivity contribution is 5.46. The molecule has 0 spiro atoms. The van der Waals surface area contributed by atoms with Crippen molar-refractivity contribution in [3.05, 3.63) is 12.3 Å². The molecule has 0 aliphatic rings. The maximum Gasteiger partial charge on any atom is 0.217 e. The maximum atomic E-state index is 8.55. The predicted octanol–water partition coefficient (Wildman–Crippen LogP) is 1.01. The molecule has 0 radical (unpaired) electrons. The SMILES string of the molecule is C/C=C\[N+](O)=C/C. The number of hydrogen-bond acceptors (Lipinski definition) is 1. The van der Waals surface area contributed by atoms with Crippen LogP contribution in [0.3, 0.4) is 0 Å². The zero-order valence-electron chi connectivity index (χ0n) is 4.63. The minimum Gasteiger partial charge on any atom is -0.286 e. The van der Waals surface area contributed by atoms with Crippen molar-refractivity contribution in [2.75, 3.05) is 0 Å². The lowest BCUT2D eigenvalue weighted by atomic mass is 10.7. The smallest absolute Gasteiger partial charge is 0.217 e. The molecule has 2 nitrogen and oxygen atoms in total. The van der Waals surface area contributed by atoms with Gasteiger partial charge in [-0.15, -0.1) is 0 Å². The third kappa shape index (κ3) is 3.03. The summed E-state index contributed by atoms with van der Waals surface area (Å²) in [5.41, 5.74) is 0. The maximum absolute atomic E-state index is 8.55. The Bertz CT molecular complexity index is 94.3. The molecule has 0 aromatic carbocycles. The molecule has 40 valence electrons. The van der Waals surface area contributed by atoms with Gasteiger partial charge in [-0.25, -0.2) is 0 Å². The summed E-state index contributed by atoms with van der Waals surface area (Å²) in [6, 6.07) is 0. The first kappa shape index (κ1) is 6.21. The van der Waals surface area contributed by atoms with Gasteiger partial charge in [-0.3, -0.25) is 5.21 Å². The van der Waals surface area contributed by atoms with Crippen LogP contribution >= 0.6 is 0 Å². The highest BCUT2D eigenvalue weighted by atomic mass is 16.5. The fraction of sp³-hybridized carbons (Fsp3) is 0.400. The van der Waals surface area contributed by atoms with Crippen molar-refractivity contribution in [2.45, 2.75) is 13.8 Å². The summed E-state index contributed by atoms with van der Waals surface area (Å²) in [4.78, 5) is 0. The van der Waals surface area contributed by atoms with Gasteiger partial charge in [0.05, 0.1) is 0 Å². The molecule has 0 saturated heterocycles. The summed E-state index contributed by atoms with van der Waals surface area (Å²) < 4.78 is 1.00. The van der Waals surface area contributed by atoms with Crippen LogP contribution in [0.1, 0.15) is 13.8 Å². The summed E-state index contributed by atoms with van der Waals surface area (Å²) >= 11 is 0. The first-order valence-electron chi connectivity index (χ1n) is 2.20. The molecule has 0 aromatic heterocycles. The molecule has 1 N–H and O–H groups in total. The fourth-order valence-electron chi connectivity index (χ4n) is 0.239. The van der Waals surface area contributed by atoms with Gasteiger partial charge in [-0.1, -0.05) is 0 Å². The van der Waals surface area contributed by atoms with Crippen LogP contribution in [0, 0.1) is 0 Å². The van der Waals surface area contributed by atoms with Crippen molar-refractivity contribution >= 4 is 6.21 Å². The lowest BCUT2D eigenvalue weighted by molar-refractivity contribution is -0.722. The normalized spacial score (nSPS) is 13.1. The van der Waals surface area contributed by atoms with E-state index in [1.165, 1.54) is 0 Å². The molecule has 0 saturated carbocycles. The summed E-state index contributed by atoms with van der Waals surface area (Å²) in [5, 5.41) is 8.55. The molecule has 0 fully saturated rings. The third-order valence-corrected chi connectivity index (χ3v) is 0.566. The van der Waals surface area contributed by atoms with E-state index in [9.17, 15) is 0 Å². The molecular formula is C5H10NO+. The molecule has 7 heavy (non-hydrogen) atoms. The Hall–Kier alpha value is -0.790. The average molecular weight is 100 g/mol. The van der Waals surface area contributed by atoms with E-state index in [1.807, 2.05) is 6.92 Å². The van der Waals surface area contributed by atoms with E-state index in [2.05, 4.69) is 0 Å². The molecule has 0 aliphatic carbocycles. The van der Waals surface area contributed by atoms with Gasteiger partial charge in [0, 0.05) is 6.92 Å². The first-order chi connectivity index (χ1) is 3.31. The van der Waals surface area contributed by atoms with Crippen molar-refractivity contribution < 1.29 is 9.95 Å². The Balaban J connectivity index is 3.58. The molecule has 0 amide bonds.